The van der Waals surface area contributed by atoms with Gasteiger partial charge in [0.1, 0.15) is 11.5 Å². The zero-order chi connectivity index (χ0) is 13.8. The summed E-state index contributed by atoms with van der Waals surface area (Å²) in [7, 11) is 0. The zero-order valence-corrected chi connectivity index (χ0v) is 11.9. The Labute approximate surface area is 115 Å². The van der Waals surface area contributed by atoms with Gasteiger partial charge in [-0.15, -0.1) is 0 Å². The monoisotopic (exact) mass is 255 g/mol. The van der Waals surface area contributed by atoms with Crippen molar-refractivity contribution in [2.24, 2.45) is 0 Å². The van der Waals surface area contributed by atoms with Crippen molar-refractivity contribution in [2.75, 3.05) is 6.54 Å². The van der Waals surface area contributed by atoms with E-state index in [0.29, 0.717) is 0 Å². The van der Waals surface area contributed by atoms with Crippen molar-refractivity contribution >= 4 is 5.57 Å². The van der Waals surface area contributed by atoms with Gasteiger partial charge >= 0.3 is 0 Å². The normalized spacial score (nSPS) is 12.4. The van der Waals surface area contributed by atoms with Crippen LogP contribution in [0.2, 0.25) is 0 Å². The van der Waals surface area contributed by atoms with Crippen molar-refractivity contribution < 1.29 is 4.42 Å². The predicted octanol–water partition coefficient (Wildman–Crippen LogP) is 4.26. The summed E-state index contributed by atoms with van der Waals surface area (Å²) in [6, 6.07) is 12.6. The molecule has 1 unspecified atom stereocenters. The van der Waals surface area contributed by atoms with Gasteiger partial charge in [0, 0.05) is 18.2 Å². The topological polar surface area (TPSA) is 25.2 Å². The lowest BCUT2D eigenvalue weighted by molar-refractivity contribution is 0.493. The van der Waals surface area contributed by atoms with Crippen LogP contribution in [0.5, 0.6) is 0 Å². The fraction of sp³-hybridized carbons (Fsp3) is 0.294. The quantitative estimate of drug-likeness (QED) is 0.863. The molecule has 0 spiro atoms. The van der Waals surface area contributed by atoms with Gasteiger partial charge in [-0.1, -0.05) is 36.9 Å². The molecule has 0 radical (unpaired) electrons. The van der Waals surface area contributed by atoms with E-state index in [2.05, 4.69) is 37.0 Å². The Hall–Kier alpha value is -1.80. The van der Waals surface area contributed by atoms with Crippen LogP contribution in [0.15, 0.2) is 47.4 Å². The van der Waals surface area contributed by atoms with Crippen molar-refractivity contribution in [1.29, 1.82) is 0 Å². The summed E-state index contributed by atoms with van der Waals surface area (Å²) in [4.78, 5) is 0. The van der Waals surface area contributed by atoms with Gasteiger partial charge in [-0.2, -0.15) is 0 Å². The number of nitrogens with one attached hydrogen (secondary N) is 1. The van der Waals surface area contributed by atoms with Gasteiger partial charge in [-0.05, 0) is 38.0 Å². The Morgan fingerprint density at radius 1 is 1.26 bits per heavy atom. The highest BCUT2D eigenvalue weighted by atomic mass is 16.3. The molecule has 0 aliphatic carbocycles. The van der Waals surface area contributed by atoms with Crippen molar-refractivity contribution in [2.45, 2.75) is 26.8 Å². The van der Waals surface area contributed by atoms with Crippen molar-refractivity contribution in [1.82, 2.24) is 5.32 Å². The van der Waals surface area contributed by atoms with Gasteiger partial charge in [0.15, 0.2) is 0 Å². The van der Waals surface area contributed by atoms with Crippen LogP contribution in [0.1, 0.15) is 35.6 Å². The van der Waals surface area contributed by atoms with Gasteiger partial charge in [-0.3, -0.25) is 0 Å². The first kappa shape index (κ1) is 13.6. The maximum Gasteiger partial charge on any atom is 0.105 e. The highest BCUT2D eigenvalue weighted by molar-refractivity contribution is 5.64. The van der Waals surface area contributed by atoms with Crippen LogP contribution in [0, 0.1) is 13.8 Å². The number of furan rings is 1. The van der Waals surface area contributed by atoms with Crippen LogP contribution in [0.3, 0.4) is 0 Å². The van der Waals surface area contributed by atoms with Crippen LogP contribution in [0.4, 0.5) is 0 Å². The molecule has 0 amide bonds. The lowest BCUT2D eigenvalue weighted by Gasteiger charge is -2.14. The van der Waals surface area contributed by atoms with Gasteiger partial charge in [0.2, 0.25) is 0 Å². The molecule has 19 heavy (non-hydrogen) atoms. The first-order chi connectivity index (χ1) is 9.08. The van der Waals surface area contributed by atoms with Crippen LogP contribution in [-0.2, 0) is 0 Å². The van der Waals surface area contributed by atoms with Crippen LogP contribution in [0.25, 0.3) is 5.57 Å². The fourth-order valence-corrected chi connectivity index (χ4v) is 2.24. The number of hydrogen-bond acceptors (Lipinski definition) is 2. The molecule has 1 N–H and O–H groups in total. The number of aryl methyl sites for hydroxylation is 2. The van der Waals surface area contributed by atoms with Gasteiger partial charge < -0.3 is 9.73 Å². The summed E-state index contributed by atoms with van der Waals surface area (Å²) < 4.78 is 5.56. The highest BCUT2D eigenvalue weighted by Crippen LogP contribution is 2.21. The second kappa shape index (κ2) is 5.89. The van der Waals surface area contributed by atoms with E-state index in [9.17, 15) is 0 Å². The summed E-state index contributed by atoms with van der Waals surface area (Å²) in [5.74, 6) is 1.95. The molecule has 2 nitrogen and oxygen atoms in total. The molecule has 1 heterocycles. The zero-order valence-electron chi connectivity index (χ0n) is 11.9. The summed E-state index contributed by atoms with van der Waals surface area (Å²) in [6.07, 6.45) is 0. The van der Waals surface area contributed by atoms with E-state index in [4.69, 9.17) is 4.42 Å². The molecular formula is C17H21NO. The highest BCUT2D eigenvalue weighted by Gasteiger charge is 2.12. The molecule has 0 aliphatic rings. The minimum absolute atomic E-state index is 0.262. The summed E-state index contributed by atoms with van der Waals surface area (Å²) >= 11 is 0. The Morgan fingerprint density at radius 2 is 1.95 bits per heavy atom. The molecule has 2 rings (SSSR count). The predicted molar refractivity (Wildman–Crippen MR) is 80.1 cm³/mol. The number of benzene rings is 1. The minimum atomic E-state index is 0.262. The average Bonchev–Trinajstić information content (AvgIpc) is 2.75. The fourth-order valence-electron chi connectivity index (χ4n) is 2.24. The third kappa shape index (κ3) is 3.36. The standard InChI is InChI=1S/C17H21NO/c1-12(16-8-6-5-7-9-16)11-18-14(3)17-10-13(2)19-15(17)4/h5-10,14,18H,1,11H2,2-4H3. The molecule has 1 atom stereocenters. The Bertz CT molecular complexity index is 554. The van der Waals surface area contributed by atoms with E-state index in [1.54, 1.807) is 0 Å². The first-order valence-electron chi connectivity index (χ1n) is 6.61. The molecular weight excluding hydrogens is 234 g/mol. The van der Waals surface area contributed by atoms with Gasteiger partial charge in [-0.25, -0.2) is 0 Å². The molecule has 1 aromatic carbocycles. The van der Waals surface area contributed by atoms with Crippen molar-refractivity contribution in [3.05, 3.63) is 65.6 Å². The van der Waals surface area contributed by atoms with Gasteiger partial charge in [0.25, 0.3) is 0 Å². The van der Waals surface area contributed by atoms with Crippen molar-refractivity contribution in [3.63, 3.8) is 0 Å². The van der Waals surface area contributed by atoms with E-state index in [-0.39, 0.29) is 6.04 Å². The summed E-state index contributed by atoms with van der Waals surface area (Å²) in [6.45, 7) is 11.0. The SMILES string of the molecule is C=C(CNC(C)c1cc(C)oc1C)c1ccccc1. The third-order valence-corrected chi connectivity index (χ3v) is 3.35. The van der Waals surface area contributed by atoms with Crippen molar-refractivity contribution in [3.8, 4) is 0 Å². The number of hydrogen-bond donors (Lipinski definition) is 1. The molecule has 2 aromatic rings. The Kier molecular flexibility index (Phi) is 4.23. The maximum absolute atomic E-state index is 5.56. The molecule has 100 valence electrons. The van der Waals surface area contributed by atoms with Crippen LogP contribution in [-0.4, -0.2) is 6.54 Å². The first-order valence-corrected chi connectivity index (χ1v) is 6.61. The summed E-state index contributed by atoms with van der Waals surface area (Å²) in [5, 5.41) is 3.49. The van der Waals surface area contributed by atoms with Crippen LogP contribution >= 0.6 is 0 Å². The maximum atomic E-state index is 5.56. The van der Waals surface area contributed by atoms with Gasteiger partial charge in [0.05, 0.1) is 0 Å². The molecule has 0 bridgehead atoms. The van der Waals surface area contributed by atoms with E-state index >= 15 is 0 Å². The van der Waals surface area contributed by atoms with E-state index in [1.165, 1.54) is 11.1 Å². The average molecular weight is 255 g/mol. The molecule has 0 saturated heterocycles. The lowest BCUT2D eigenvalue weighted by atomic mass is 10.1. The Balaban J connectivity index is 1.96. The smallest absolute Gasteiger partial charge is 0.105 e. The van der Waals surface area contributed by atoms with Crippen LogP contribution < -0.4 is 5.32 Å². The molecule has 1 aromatic heterocycles. The van der Waals surface area contributed by atoms with E-state index in [1.807, 2.05) is 32.0 Å². The largest absolute Gasteiger partial charge is 0.466 e. The molecule has 0 fully saturated rings. The van der Waals surface area contributed by atoms with E-state index < -0.39 is 0 Å². The Morgan fingerprint density at radius 3 is 2.53 bits per heavy atom. The second-order valence-corrected chi connectivity index (χ2v) is 4.94. The minimum Gasteiger partial charge on any atom is -0.466 e. The van der Waals surface area contributed by atoms with E-state index in [0.717, 1.165) is 23.6 Å². The lowest BCUT2D eigenvalue weighted by Crippen LogP contribution is -2.20. The summed E-state index contributed by atoms with van der Waals surface area (Å²) in [5.41, 5.74) is 3.51. The molecule has 2 heteroatoms. The molecule has 0 saturated carbocycles. The molecule has 0 aliphatic heterocycles. The second-order valence-electron chi connectivity index (χ2n) is 4.94. The number of rotatable bonds is 5. The third-order valence-electron chi connectivity index (χ3n) is 3.35.